The molecule has 1 aromatic carbocycles. The molecule has 7 heteroatoms. The van der Waals surface area contributed by atoms with Gasteiger partial charge in [0.25, 0.3) is 5.56 Å². The quantitative estimate of drug-likeness (QED) is 0.678. The van der Waals surface area contributed by atoms with E-state index >= 15 is 0 Å². The number of benzene rings is 1. The number of aromatic nitrogens is 2. The van der Waals surface area contributed by atoms with E-state index in [1.54, 1.807) is 24.5 Å². The number of hydrogen-bond donors (Lipinski definition) is 0. The molecule has 4 rings (SSSR count). The monoisotopic (exact) mass is 380 g/mol. The van der Waals surface area contributed by atoms with Crippen LogP contribution in [0.4, 0.5) is 0 Å². The molecule has 7 nitrogen and oxygen atoms in total. The maximum absolute atomic E-state index is 13.2. The first-order valence-corrected chi connectivity index (χ1v) is 9.56. The van der Waals surface area contributed by atoms with Gasteiger partial charge in [-0.2, -0.15) is 0 Å². The summed E-state index contributed by atoms with van der Waals surface area (Å²) in [6, 6.07) is 11.0. The Balaban J connectivity index is 1.58. The summed E-state index contributed by atoms with van der Waals surface area (Å²) in [6.07, 6.45) is 4.90. The minimum Gasteiger partial charge on any atom is -0.467 e. The number of carbonyl (C=O) groups excluding carboxylic acids is 1. The lowest BCUT2D eigenvalue weighted by Crippen LogP contribution is -2.47. The van der Waals surface area contributed by atoms with Crippen molar-refractivity contribution >= 4 is 16.8 Å². The van der Waals surface area contributed by atoms with Crippen LogP contribution in [-0.4, -0.2) is 51.4 Å². The van der Waals surface area contributed by atoms with E-state index in [2.05, 4.69) is 16.9 Å². The van der Waals surface area contributed by atoms with E-state index in [1.165, 1.54) is 10.9 Å². The highest BCUT2D eigenvalue weighted by Gasteiger charge is 2.28. The molecular formula is C21H24N4O3. The third-order valence-corrected chi connectivity index (χ3v) is 5.39. The van der Waals surface area contributed by atoms with Crippen LogP contribution >= 0.6 is 0 Å². The summed E-state index contributed by atoms with van der Waals surface area (Å²) in [5, 5.41) is 0.523. The average molecular weight is 380 g/mol. The van der Waals surface area contributed by atoms with Crippen LogP contribution in [0.2, 0.25) is 0 Å². The second kappa shape index (κ2) is 7.98. The Morgan fingerprint density at radius 3 is 2.75 bits per heavy atom. The number of para-hydroxylation sites is 1. The van der Waals surface area contributed by atoms with Gasteiger partial charge in [0.1, 0.15) is 12.3 Å². The fraction of sp³-hybridized carbons (Fsp3) is 0.381. The fourth-order valence-corrected chi connectivity index (χ4v) is 3.75. The molecule has 1 aliphatic heterocycles. The average Bonchev–Trinajstić information content (AvgIpc) is 3.22. The molecule has 146 valence electrons. The van der Waals surface area contributed by atoms with Crippen LogP contribution in [0.1, 0.15) is 18.6 Å². The lowest BCUT2D eigenvalue weighted by atomic mass is 10.0. The number of rotatable bonds is 5. The molecule has 0 unspecified atom stereocenters. The minimum absolute atomic E-state index is 0.0241. The second-order valence-corrected chi connectivity index (χ2v) is 7.33. The summed E-state index contributed by atoms with van der Waals surface area (Å²) in [5.74, 6) is 0.654. The highest BCUT2D eigenvalue weighted by molar-refractivity contribution is 5.79. The molecule has 0 saturated carbocycles. The van der Waals surface area contributed by atoms with Crippen LogP contribution in [0, 0.1) is 0 Å². The van der Waals surface area contributed by atoms with Crippen LogP contribution < -0.4 is 5.56 Å². The van der Waals surface area contributed by atoms with E-state index in [4.69, 9.17) is 4.42 Å². The molecule has 1 saturated heterocycles. The van der Waals surface area contributed by atoms with E-state index in [0.717, 1.165) is 31.7 Å². The Morgan fingerprint density at radius 2 is 2.00 bits per heavy atom. The Labute approximate surface area is 163 Å². The molecule has 0 radical (unpaired) electrons. The van der Waals surface area contributed by atoms with Gasteiger partial charge in [-0.3, -0.25) is 14.2 Å². The van der Waals surface area contributed by atoms with Crippen molar-refractivity contribution in [3.63, 3.8) is 0 Å². The Kier molecular flexibility index (Phi) is 5.25. The van der Waals surface area contributed by atoms with Crippen molar-refractivity contribution in [3.05, 3.63) is 65.1 Å². The highest BCUT2D eigenvalue weighted by Crippen LogP contribution is 2.19. The zero-order valence-corrected chi connectivity index (χ0v) is 16.0. The van der Waals surface area contributed by atoms with Crippen molar-refractivity contribution in [1.82, 2.24) is 19.4 Å². The molecule has 3 aromatic rings. The van der Waals surface area contributed by atoms with E-state index in [0.29, 0.717) is 17.4 Å². The van der Waals surface area contributed by atoms with E-state index in [1.807, 2.05) is 23.1 Å². The zero-order valence-electron chi connectivity index (χ0n) is 16.0. The van der Waals surface area contributed by atoms with Crippen LogP contribution in [0.5, 0.6) is 0 Å². The molecule has 0 atom stereocenters. The van der Waals surface area contributed by atoms with Gasteiger partial charge in [0, 0.05) is 6.04 Å². The number of furan rings is 1. The number of carbonyl (C=O) groups is 1. The topological polar surface area (TPSA) is 71.6 Å². The van der Waals surface area contributed by atoms with Crippen molar-refractivity contribution in [2.75, 3.05) is 20.1 Å². The van der Waals surface area contributed by atoms with Gasteiger partial charge in [0.2, 0.25) is 5.91 Å². The zero-order chi connectivity index (χ0) is 19.5. The van der Waals surface area contributed by atoms with Crippen LogP contribution in [-0.2, 0) is 17.9 Å². The van der Waals surface area contributed by atoms with Gasteiger partial charge < -0.3 is 14.2 Å². The summed E-state index contributed by atoms with van der Waals surface area (Å²) < 4.78 is 6.87. The Morgan fingerprint density at radius 1 is 1.21 bits per heavy atom. The fourth-order valence-electron chi connectivity index (χ4n) is 3.75. The highest BCUT2D eigenvalue weighted by atomic mass is 16.3. The van der Waals surface area contributed by atoms with Crippen LogP contribution in [0.15, 0.2) is 58.2 Å². The summed E-state index contributed by atoms with van der Waals surface area (Å²) in [4.78, 5) is 34.4. The summed E-state index contributed by atoms with van der Waals surface area (Å²) in [5.41, 5.74) is 0.444. The largest absolute Gasteiger partial charge is 0.467 e. The molecule has 1 fully saturated rings. The van der Waals surface area contributed by atoms with Gasteiger partial charge in [-0.05, 0) is 57.2 Å². The molecule has 3 heterocycles. The predicted molar refractivity (Wildman–Crippen MR) is 106 cm³/mol. The van der Waals surface area contributed by atoms with E-state index in [9.17, 15) is 9.59 Å². The number of likely N-dealkylation sites (tertiary alicyclic amines) is 1. The molecule has 28 heavy (non-hydrogen) atoms. The smallest absolute Gasteiger partial charge is 0.261 e. The summed E-state index contributed by atoms with van der Waals surface area (Å²) in [7, 11) is 2.09. The van der Waals surface area contributed by atoms with E-state index < -0.39 is 0 Å². The van der Waals surface area contributed by atoms with Crippen molar-refractivity contribution in [3.8, 4) is 0 Å². The van der Waals surface area contributed by atoms with E-state index in [-0.39, 0.29) is 24.1 Å². The third-order valence-electron chi connectivity index (χ3n) is 5.39. The summed E-state index contributed by atoms with van der Waals surface area (Å²) in [6.45, 7) is 2.29. The second-order valence-electron chi connectivity index (χ2n) is 7.33. The van der Waals surface area contributed by atoms with Crippen molar-refractivity contribution in [2.45, 2.75) is 32.0 Å². The molecule has 0 N–H and O–H groups in total. The van der Waals surface area contributed by atoms with Crippen molar-refractivity contribution < 1.29 is 9.21 Å². The normalized spacial score (nSPS) is 15.8. The molecular weight excluding hydrogens is 356 g/mol. The molecule has 1 amide bonds. The Bertz CT molecular complexity index is 1000. The van der Waals surface area contributed by atoms with Gasteiger partial charge in [0.05, 0.1) is 30.0 Å². The number of nitrogens with zero attached hydrogens (tertiary/aromatic N) is 4. The van der Waals surface area contributed by atoms with Gasteiger partial charge in [0.15, 0.2) is 0 Å². The maximum Gasteiger partial charge on any atom is 0.261 e. The third kappa shape index (κ3) is 3.84. The predicted octanol–water partition coefficient (Wildman–Crippen LogP) is 2.11. The lowest BCUT2D eigenvalue weighted by Gasteiger charge is -2.37. The summed E-state index contributed by atoms with van der Waals surface area (Å²) >= 11 is 0. The van der Waals surface area contributed by atoms with Gasteiger partial charge in [-0.15, -0.1) is 0 Å². The van der Waals surface area contributed by atoms with Crippen molar-refractivity contribution in [2.24, 2.45) is 0 Å². The standard InChI is InChI=1S/C21H24N4O3/c1-23-10-8-16(9-11-23)25(13-17-5-4-12-28-17)20(26)14-24-15-22-19-7-3-2-6-18(19)21(24)27/h2-7,12,15-16H,8-11,13-14H2,1H3. The lowest BCUT2D eigenvalue weighted by molar-refractivity contribution is -0.136. The van der Waals surface area contributed by atoms with Gasteiger partial charge in [-0.25, -0.2) is 4.98 Å². The molecule has 0 bridgehead atoms. The molecule has 0 spiro atoms. The first kappa shape index (κ1) is 18.4. The SMILES string of the molecule is CN1CCC(N(Cc2ccco2)C(=O)Cn2cnc3ccccc3c2=O)CC1. The molecule has 2 aromatic heterocycles. The van der Waals surface area contributed by atoms with Crippen molar-refractivity contribution in [1.29, 1.82) is 0 Å². The Hall–Kier alpha value is -2.93. The number of fused-ring (bicyclic) bond motifs is 1. The minimum atomic E-state index is -0.194. The maximum atomic E-state index is 13.2. The first-order chi connectivity index (χ1) is 13.6. The number of hydrogen-bond acceptors (Lipinski definition) is 5. The van der Waals surface area contributed by atoms with Crippen LogP contribution in [0.25, 0.3) is 10.9 Å². The molecule has 0 aliphatic carbocycles. The first-order valence-electron chi connectivity index (χ1n) is 9.56. The number of piperidine rings is 1. The van der Waals surface area contributed by atoms with Crippen LogP contribution in [0.3, 0.4) is 0 Å². The van der Waals surface area contributed by atoms with Gasteiger partial charge in [-0.1, -0.05) is 12.1 Å². The molecule has 1 aliphatic rings. The van der Waals surface area contributed by atoms with Gasteiger partial charge >= 0.3 is 0 Å². The number of amides is 1.